The number of aromatic nitrogens is 2. The molecule has 1 aromatic rings. The van der Waals surface area contributed by atoms with E-state index in [1.165, 1.54) is 0 Å². The van der Waals surface area contributed by atoms with E-state index in [1.54, 1.807) is 17.4 Å². The molecule has 7 heteroatoms. The number of imidazole rings is 1. The third-order valence-corrected chi connectivity index (χ3v) is 2.79. The van der Waals surface area contributed by atoms with Crippen LogP contribution in [0.4, 0.5) is 0 Å². The molecule has 0 fully saturated rings. The summed E-state index contributed by atoms with van der Waals surface area (Å²) in [6, 6.07) is 0. The Morgan fingerprint density at radius 2 is 2.05 bits per heavy atom. The molecule has 0 aliphatic rings. The Morgan fingerprint density at radius 1 is 1.42 bits per heavy atom. The van der Waals surface area contributed by atoms with Gasteiger partial charge in [0.1, 0.15) is 0 Å². The van der Waals surface area contributed by atoms with Gasteiger partial charge in [0, 0.05) is 39.0 Å². The SMILES string of the molecule is CN(CC(C)(C)CN)C(=O)CCn1ccnc1.Cl.Cl. The molecular weight excluding hydrogens is 287 g/mol. The third-order valence-electron chi connectivity index (χ3n) is 2.79. The zero-order valence-corrected chi connectivity index (χ0v) is 13.3. The van der Waals surface area contributed by atoms with Crippen molar-refractivity contribution < 1.29 is 4.79 Å². The van der Waals surface area contributed by atoms with E-state index < -0.39 is 0 Å². The molecule has 5 nitrogen and oxygen atoms in total. The van der Waals surface area contributed by atoms with E-state index in [2.05, 4.69) is 18.8 Å². The molecule has 0 unspecified atom stereocenters. The summed E-state index contributed by atoms with van der Waals surface area (Å²) >= 11 is 0. The van der Waals surface area contributed by atoms with Gasteiger partial charge < -0.3 is 15.2 Å². The van der Waals surface area contributed by atoms with Crippen LogP contribution in [0.15, 0.2) is 18.7 Å². The van der Waals surface area contributed by atoms with Crippen molar-refractivity contribution in [2.75, 3.05) is 20.1 Å². The molecule has 0 aromatic carbocycles. The van der Waals surface area contributed by atoms with Crippen LogP contribution in [-0.2, 0) is 11.3 Å². The molecule has 0 aliphatic heterocycles. The number of nitrogens with zero attached hydrogens (tertiary/aromatic N) is 3. The highest BCUT2D eigenvalue weighted by Crippen LogP contribution is 2.14. The van der Waals surface area contributed by atoms with Crippen LogP contribution in [0.25, 0.3) is 0 Å². The fourth-order valence-corrected chi connectivity index (χ4v) is 1.63. The largest absolute Gasteiger partial charge is 0.345 e. The summed E-state index contributed by atoms with van der Waals surface area (Å²) in [6.07, 6.45) is 5.79. The van der Waals surface area contributed by atoms with E-state index in [0.717, 1.165) is 0 Å². The minimum absolute atomic E-state index is 0. The first kappa shape index (κ1) is 20.5. The van der Waals surface area contributed by atoms with Crippen LogP contribution >= 0.6 is 24.8 Å². The van der Waals surface area contributed by atoms with Crippen molar-refractivity contribution in [3.8, 4) is 0 Å². The first-order valence-corrected chi connectivity index (χ1v) is 5.84. The molecule has 19 heavy (non-hydrogen) atoms. The van der Waals surface area contributed by atoms with Gasteiger partial charge in [-0.05, 0) is 12.0 Å². The van der Waals surface area contributed by atoms with Gasteiger partial charge in [0.2, 0.25) is 5.91 Å². The van der Waals surface area contributed by atoms with Crippen molar-refractivity contribution >= 4 is 30.7 Å². The van der Waals surface area contributed by atoms with Gasteiger partial charge in [-0.2, -0.15) is 0 Å². The Bertz CT molecular complexity index is 355. The summed E-state index contributed by atoms with van der Waals surface area (Å²) in [7, 11) is 1.83. The van der Waals surface area contributed by atoms with E-state index in [1.807, 2.05) is 17.8 Å². The monoisotopic (exact) mass is 310 g/mol. The van der Waals surface area contributed by atoms with Gasteiger partial charge in [-0.3, -0.25) is 4.79 Å². The lowest BCUT2D eigenvalue weighted by atomic mass is 9.93. The lowest BCUT2D eigenvalue weighted by Gasteiger charge is -2.29. The van der Waals surface area contributed by atoms with Crippen molar-refractivity contribution in [1.29, 1.82) is 0 Å². The lowest BCUT2D eigenvalue weighted by Crippen LogP contribution is -2.40. The van der Waals surface area contributed by atoms with Gasteiger partial charge in [0.25, 0.3) is 0 Å². The number of amides is 1. The second-order valence-electron chi connectivity index (χ2n) is 5.17. The maximum absolute atomic E-state index is 11.9. The highest BCUT2D eigenvalue weighted by Gasteiger charge is 2.20. The Labute approximate surface area is 127 Å². The lowest BCUT2D eigenvalue weighted by molar-refractivity contribution is -0.131. The second-order valence-corrected chi connectivity index (χ2v) is 5.17. The van der Waals surface area contributed by atoms with Crippen LogP contribution < -0.4 is 5.73 Å². The van der Waals surface area contributed by atoms with Gasteiger partial charge >= 0.3 is 0 Å². The highest BCUT2D eigenvalue weighted by atomic mass is 35.5. The Morgan fingerprint density at radius 3 is 2.53 bits per heavy atom. The van der Waals surface area contributed by atoms with Crippen LogP contribution in [0.5, 0.6) is 0 Å². The topological polar surface area (TPSA) is 64.2 Å². The van der Waals surface area contributed by atoms with E-state index in [9.17, 15) is 4.79 Å². The molecule has 0 spiro atoms. The van der Waals surface area contributed by atoms with Crippen molar-refractivity contribution in [3.05, 3.63) is 18.7 Å². The van der Waals surface area contributed by atoms with Crippen LogP contribution in [0.3, 0.4) is 0 Å². The predicted octanol–water partition coefficient (Wildman–Crippen LogP) is 1.56. The van der Waals surface area contributed by atoms with Gasteiger partial charge in [-0.1, -0.05) is 13.8 Å². The van der Waals surface area contributed by atoms with Gasteiger partial charge in [-0.25, -0.2) is 4.98 Å². The molecular formula is C12H24Cl2N4O. The molecule has 0 saturated heterocycles. The summed E-state index contributed by atoms with van der Waals surface area (Å²) in [6.45, 7) is 6.06. The standard InChI is InChI=1S/C12H22N4O.2ClH/c1-12(2,8-13)9-15(3)11(17)4-6-16-7-5-14-10-16;;/h5,7,10H,4,6,8-9,13H2,1-3H3;2*1H. The maximum Gasteiger partial charge on any atom is 0.224 e. The minimum Gasteiger partial charge on any atom is -0.345 e. The molecule has 1 rings (SSSR count). The number of carbonyl (C=O) groups is 1. The first-order valence-electron chi connectivity index (χ1n) is 5.84. The fourth-order valence-electron chi connectivity index (χ4n) is 1.63. The highest BCUT2D eigenvalue weighted by molar-refractivity contribution is 5.85. The number of halogens is 2. The number of carbonyl (C=O) groups excluding carboxylic acids is 1. The quantitative estimate of drug-likeness (QED) is 0.867. The van der Waals surface area contributed by atoms with Crippen LogP contribution in [0.1, 0.15) is 20.3 Å². The van der Waals surface area contributed by atoms with Crippen LogP contribution in [0.2, 0.25) is 0 Å². The Balaban J connectivity index is 0. The van der Waals surface area contributed by atoms with Gasteiger partial charge in [-0.15, -0.1) is 24.8 Å². The second kappa shape index (κ2) is 9.18. The first-order chi connectivity index (χ1) is 7.94. The van der Waals surface area contributed by atoms with Gasteiger partial charge in [0.15, 0.2) is 0 Å². The van der Waals surface area contributed by atoms with Gasteiger partial charge in [0.05, 0.1) is 6.33 Å². The molecule has 0 aliphatic carbocycles. The van der Waals surface area contributed by atoms with Crippen molar-refractivity contribution in [2.24, 2.45) is 11.1 Å². The number of hydrogen-bond acceptors (Lipinski definition) is 3. The summed E-state index contributed by atoms with van der Waals surface area (Å²) in [5, 5.41) is 0. The average Bonchev–Trinajstić information content (AvgIpc) is 2.78. The van der Waals surface area contributed by atoms with E-state index in [-0.39, 0.29) is 36.1 Å². The third kappa shape index (κ3) is 7.40. The molecule has 112 valence electrons. The summed E-state index contributed by atoms with van der Waals surface area (Å²) < 4.78 is 1.90. The molecule has 1 aromatic heterocycles. The zero-order valence-electron chi connectivity index (χ0n) is 11.7. The summed E-state index contributed by atoms with van der Waals surface area (Å²) in [4.78, 5) is 17.6. The van der Waals surface area contributed by atoms with E-state index >= 15 is 0 Å². The molecule has 1 heterocycles. The molecule has 0 saturated carbocycles. The molecule has 0 bridgehead atoms. The van der Waals surface area contributed by atoms with Crippen molar-refractivity contribution in [2.45, 2.75) is 26.8 Å². The minimum atomic E-state index is -0.0284. The number of aryl methyl sites for hydroxylation is 1. The Hall–Kier alpha value is -0.780. The maximum atomic E-state index is 11.9. The normalized spacial score (nSPS) is 10.3. The van der Waals surface area contributed by atoms with E-state index in [4.69, 9.17) is 5.73 Å². The van der Waals surface area contributed by atoms with Crippen LogP contribution in [-0.4, -0.2) is 40.5 Å². The van der Waals surface area contributed by atoms with Crippen molar-refractivity contribution in [1.82, 2.24) is 14.5 Å². The molecule has 2 N–H and O–H groups in total. The predicted molar refractivity (Wildman–Crippen MR) is 81.8 cm³/mol. The van der Waals surface area contributed by atoms with Crippen LogP contribution in [0, 0.1) is 5.41 Å². The van der Waals surface area contributed by atoms with E-state index in [0.29, 0.717) is 26.1 Å². The number of rotatable bonds is 6. The Kier molecular flexibility index (Phi) is 9.92. The summed E-state index contributed by atoms with van der Waals surface area (Å²) in [5.41, 5.74) is 5.63. The van der Waals surface area contributed by atoms with Crippen molar-refractivity contribution in [3.63, 3.8) is 0 Å². The zero-order chi connectivity index (χ0) is 12.9. The molecule has 0 atom stereocenters. The number of hydrogen-bond donors (Lipinski definition) is 1. The fraction of sp³-hybridized carbons (Fsp3) is 0.667. The number of nitrogens with two attached hydrogens (primary N) is 1. The molecule has 0 radical (unpaired) electrons. The average molecular weight is 311 g/mol. The smallest absolute Gasteiger partial charge is 0.224 e. The summed E-state index contributed by atoms with van der Waals surface area (Å²) in [5.74, 6) is 0.139. The molecule has 1 amide bonds.